The van der Waals surface area contributed by atoms with Crippen molar-refractivity contribution in [2.75, 3.05) is 25.0 Å². The first-order valence-electron chi connectivity index (χ1n) is 6.91. The Bertz CT molecular complexity index is 471. The number of likely N-dealkylation sites (tertiary alicyclic amines) is 1. The van der Waals surface area contributed by atoms with Gasteiger partial charge in [0.1, 0.15) is 0 Å². The van der Waals surface area contributed by atoms with Gasteiger partial charge in [0.25, 0.3) is 5.91 Å². The van der Waals surface area contributed by atoms with E-state index >= 15 is 0 Å². The highest BCUT2D eigenvalue weighted by molar-refractivity contribution is 5.91. The second kappa shape index (κ2) is 6.91. The van der Waals surface area contributed by atoms with Crippen LogP contribution in [-0.2, 0) is 4.79 Å². The molecular weight excluding hydrogens is 238 g/mol. The number of benzene rings is 1. The molecule has 100 valence electrons. The molecule has 0 atom stereocenters. The van der Waals surface area contributed by atoms with Gasteiger partial charge in [0.05, 0.1) is 24.7 Å². The van der Waals surface area contributed by atoms with Gasteiger partial charge in [-0.25, -0.2) is 0 Å². The average Bonchev–Trinajstić information content (AvgIpc) is 2.67. The summed E-state index contributed by atoms with van der Waals surface area (Å²) in [7, 11) is 0. The molecule has 0 aromatic heterocycles. The molecule has 0 saturated carbocycles. The van der Waals surface area contributed by atoms with Crippen LogP contribution in [-0.4, -0.2) is 25.5 Å². The van der Waals surface area contributed by atoms with Crippen molar-refractivity contribution < 1.29 is 9.69 Å². The number of nitrogens with one attached hydrogen (secondary N) is 2. The van der Waals surface area contributed by atoms with Gasteiger partial charge < -0.3 is 10.2 Å². The van der Waals surface area contributed by atoms with E-state index in [1.807, 2.05) is 6.07 Å². The molecule has 1 saturated heterocycles. The summed E-state index contributed by atoms with van der Waals surface area (Å²) >= 11 is 0. The van der Waals surface area contributed by atoms with Crippen LogP contribution in [0, 0.1) is 11.3 Å². The zero-order valence-electron chi connectivity index (χ0n) is 11.1. The number of carbonyl (C=O) groups excluding carboxylic acids is 1. The van der Waals surface area contributed by atoms with Crippen LogP contribution in [0.3, 0.4) is 0 Å². The Morgan fingerprint density at radius 3 is 2.68 bits per heavy atom. The second-order valence-corrected chi connectivity index (χ2v) is 5.08. The Balaban J connectivity index is 1.88. The molecule has 2 rings (SSSR count). The minimum Gasteiger partial charge on any atom is -0.327 e. The van der Waals surface area contributed by atoms with Crippen LogP contribution in [0.15, 0.2) is 24.3 Å². The van der Waals surface area contributed by atoms with Crippen LogP contribution in [0.1, 0.15) is 31.2 Å². The predicted octanol–water partition coefficient (Wildman–Crippen LogP) is 0.956. The topological polar surface area (TPSA) is 57.3 Å². The molecule has 1 aromatic rings. The minimum atomic E-state index is 0.0342. The lowest BCUT2D eigenvalue weighted by atomic mass is 10.2. The van der Waals surface area contributed by atoms with Crippen molar-refractivity contribution in [3.05, 3.63) is 29.8 Å². The highest BCUT2D eigenvalue weighted by Crippen LogP contribution is 2.09. The Morgan fingerprint density at radius 2 is 2.00 bits per heavy atom. The summed E-state index contributed by atoms with van der Waals surface area (Å²) in [6.07, 6.45) is 5.00. The summed E-state index contributed by atoms with van der Waals surface area (Å²) in [6.45, 7) is 2.70. The van der Waals surface area contributed by atoms with Crippen molar-refractivity contribution >= 4 is 11.6 Å². The maximum atomic E-state index is 12.0. The first kappa shape index (κ1) is 13.6. The standard InChI is InChI=1S/C15H19N3O/c16-11-13-6-5-7-14(10-13)17-15(19)12-18-8-3-1-2-4-9-18/h5-7,10H,1-4,8-9,12H2,(H,17,19)/p+1. The zero-order chi connectivity index (χ0) is 13.5. The van der Waals surface area contributed by atoms with E-state index in [9.17, 15) is 4.79 Å². The van der Waals surface area contributed by atoms with Gasteiger partial charge in [-0.1, -0.05) is 6.07 Å². The van der Waals surface area contributed by atoms with E-state index in [-0.39, 0.29) is 5.91 Å². The largest absolute Gasteiger partial charge is 0.327 e. The molecule has 1 heterocycles. The van der Waals surface area contributed by atoms with Crippen LogP contribution in [0.5, 0.6) is 0 Å². The molecule has 1 amide bonds. The van der Waals surface area contributed by atoms with Gasteiger partial charge in [0.15, 0.2) is 6.54 Å². The average molecular weight is 258 g/mol. The number of carbonyl (C=O) groups is 1. The van der Waals surface area contributed by atoms with Crippen molar-refractivity contribution in [3.63, 3.8) is 0 Å². The van der Waals surface area contributed by atoms with Gasteiger partial charge >= 0.3 is 0 Å². The number of hydrogen-bond acceptors (Lipinski definition) is 2. The van der Waals surface area contributed by atoms with Crippen LogP contribution >= 0.6 is 0 Å². The Labute approximate surface area is 114 Å². The SMILES string of the molecule is N#Cc1cccc(NC(=O)C[NH+]2CCCCCC2)c1. The van der Waals surface area contributed by atoms with Crippen LogP contribution in [0.2, 0.25) is 0 Å². The van der Waals surface area contributed by atoms with Crippen LogP contribution < -0.4 is 10.2 Å². The number of anilines is 1. The van der Waals surface area contributed by atoms with E-state index in [0.29, 0.717) is 17.8 Å². The van der Waals surface area contributed by atoms with Gasteiger partial charge in [0, 0.05) is 5.69 Å². The van der Waals surface area contributed by atoms with E-state index < -0.39 is 0 Å². The van der Waals surface area contributed by atoms with Crippen molar-refractivity contribution in [2.45, 2.75) is 25.7 Å². The molecule has 0 spiro atoms. The third-order valence-corrected chi connectivity index (χ3v) is 3.50. The second-order valence-electron chi connectivity index (χ2n) is 5.08. The van der Waals surface area contributed by atoms with Crippen molar-refractivity contribution in [2.24, 2.45) is 0 Å². The van der Waals surface area contributed by atoms with Gasteiger partial charge in [-0.15, -0.1) is 0 Å². The predicted molar refractivity (Wildman–Crippen MR) is 73.8 cm³/mol. The van der Waals surface area contributed by atoms with E-state index in [1.165, 1.54) is 30.6 Å². The Kier molecular flexibility index (Phi) is 4.93. The lowest BCUT2D eigenvalue weighted by Crippen LogP contribution is -3.12. The fraction of sp³-hybridized carbons (Fsp3) is 0.467. The van der Waals surface area contributed by atoms with Gasteiger partial charge in [-0.2, -0.15) is 5.26 Å². The number of quaternary nitrogens is 1. The molecule has 0 aliphatic carbocycles. The van der Waals surface area contributed by atoms with Crippen LogP contribution in [0.25, 0.3) is 0 Å². The van der Waals surface area contributed by atoms with E-state index in [1.54, 1.807) is 18.2 Å². The summed E-state index contributed by atoms with van der Waals surface area (Å²) in [5, 5.41) is 11.7. The molecule has 2 N–H and O–H groups in total. The molecule has 0 radical (unpaired) electrons. The number of hydrogen-bond donors (Lipinski definition) is 2. The quantitative estimate of drug-likeness (QED) is 0.848. The van der Waals surface area contributed by atoms with E-state index in [0.717, 1.165) is 13.1 Å². The van der Waals surface area contributed by atoms with Crippen LogP contribution in [0.4, 0.5) is 5.69 Å². The first-order valence-corrected chi connectivity index (χ1v) is 6.91. The van der Waals surface area contributed by atoms with Gasteiger partial charge in [0.2, 0.25) is 0 Å². The molecule has 1 aliphatic rings. The molecule has 4 nitrogen and oxygen atoms in total. The maximum Gasteiger partial charge on any atom is 0.279 e. The molecule has 0 bridgehead atoms. The lowest BCUT2D eigenvalue weighted by molar-refractivity contribution is -0.890. The van der Waals surface area contributed by atoms with Crippen molar-refractivity contribution in [1.82, 2.24) is 0 Å². The van der Waals surface area contributed by atoms with Crippen molar-refractivity contribution in [1.29, 1.82) is 5.26 Å². The first-order chi connectivity index (χ1) is 9.28. The number of nitrogens with zero attached hydrogens (tertiary/aromatic N) is 1. The van der Waals surface area contributed by atoms with Gasteiger partial charge in [-0.3, -0.25) is 4.79 Å². The fourth-order valence-corrected chi connectivity index (χ4v) is 2.50. The number of nitriles is 1. The molecule has 4 heteroatoms. The third kappa shape index (κ3) is 4.38. The molecule has 1 aliphatic heterocycles. The summed E-state index contributed by atoms with van der Waals surface area (Å²) < 4.78 is 0. The fourth-order valence-electron chi connectivity index (χ4n) is 2.50. The van der Waals surface area contributed by atoms with E-state index in [2.05, 4.69) is 11.4 Å². The minimum absolute atomic E-state index is 0.0342. The van der Waals surface area contributed by atoms with Crippen molar-refractivity contribution in [3.8, 4) is 6.07 Å². The molecule has 1 fully saturated rings. The Morgan fingerprint density at radius 1 is 1.26 bits per heavy atom. The monoisotopic (exact) mass is 258 g/mol. The highest BCUT2D eigenvalue weighted by Gasteiger charge is 2.16. The summed E-state index contributed by atoms with van der Waals surface area (Å²) in [5.74, 6) is 0.0342. The normalized spacial score (nSPS) is 16.4. The summed E-state index contributed by atoms with van der Waals surface area (Å²) in [6, 6.07) is 9.11. The Hall–Kier alpha value is -1.86. The number of amides is 1. The third-order valence-electron chi connectivity index (χ3n) is 3.50. The molecular formula is C15H20N3O+. The van der Waals surface area contributed by atoms with E-state index in [4.69, 9.17) is 5.26 Å². The maximum absolute atomic E-state index is 12.0. The van der Waals surface area contributed by atoms with Gasteiger partial charge in [-0.05, 0) is 43.9 Å². The molecule has 1 aromatic carbocycles. The molecule has 0 unspecified atom stereocenters. The summed E-state index contributed by atoms with van der Waals surface area (Å²) in [4.78, 5) is 13.3. The zero-order valence-corrected chi connectivity index (χ0v) is 11.1. The highest BCUT2D eigenvalue weighted by atomic mass is 16.2. The smallest absolute Gasteiger partial charge is 0.279 e. The molecule has 19 heavy (non-hydrogen) atoms. The lowest BCUT2D eigenvalue weighted by Gasteiger charge is -2.16. The summed E-state index contributed by atoms with van der Waals surface area (Å²) in [5.41, 5.74) is 1.28. The number of rotatable bonds is 3.